The summed E-state index contributed by atoms with van der Waals surface area (Å²) in [6, 6.07) is 4.93. The van der Waals surface area contributed by atoms with Crippen LogP contribution in [-0.2, 0) is 6.42 Å². The molecule has 13 heavy (non-hydrogen) atoms. The lowest BCUT2D eigenvalue weighted by Gasteiger charge is -2.21. The molecular weight excluding hydrogens is 178 g/mol. The molecular formula is C11H15NS. The van der Waals surface area contributed by atoms with Crippen molar-refractivity contribution < 1.29 is 0 Å². The van der Waals surface area contributed by atoms with Crippen molar-refractivity contribution >= 4 is 11.8 Å². The molecule has 1 aliphatic heterocycles. The molecule has 0 aromatic heterocycles. The number of hydrogen-bond donors (Lipinski definition) is 1. The van der Waals surface area contributed by atoms with Crippen molar-refractivity contribution in [2.24, 2.45) is 5.73 Å². The maximum absolute atomic E-state index is 5.92. The molecule has 0 spiro atoms. The summed E-state index contributed by atoms with van der Waals surface area (Å²) in [5.41, 5.74) is 10.1. The highest BCUT2D eigenvalue weighted by Gasteiger charge is 2.16. The van der Waals surface area contributed by atoms with Gasteiger partial charge in [0, 0.05) is 16.7 Å². The zero-order valence-corrected chi connectivity index (χ0v) is 8.95. The van der Waals surface area contributed by atoms with E-state index in [9.17, 15) is 0 Å². The van der Waals surface area contributed by atoms with E-state index in [1.807, 2.05) is 11.8 Å². The first-order valence-corrected chi connectivity index (χ1v) is 5.64. The van der Waals surface area contributed by atoms with Crippen LogP contribution in [0.3, 0.4) is 0 Å². The Bertz CT molecular complexity index is 333. The van der Waals surface area contributed by atoms with Crippen LogP contribution >= 0.6 is 11.8 Å². The van der Waals surface area contributed by atoms with Gasteiger partial charge in [-0.05, 0) is 43.0 Å². The molecule has 1 nitrogen and oxygen atoms in total. The van der Waals surface area contributed by atoms with Crippen molar-refractivity contribution in [3.8, 4) is 0 Å². The minimum absolute atomic E-state index is 0.347. The third-order valence-corrected chi connectivity index (χ3v) is 3.90. The van der Waals surface area contributed by atoms with Crippen LogP contribution in [0.25, 0.3) is 0 Å². The molecule has 0 aliphatic carbocycles. The van der Waals surface area contributed by atoms with E-state index in [4.69, 9.17) is 5.73 Å². The van der Waals surface area contributed by atoms with Gasteiger partial charge < -0.3 is 5.73 Å². The lowest BCUT2D eigenvalue weighted by atomic mass is 10.0. The van der Waals surface area contributed by atoms with E-state index >= 15 is 0 Å². The number of nitrogens with two attached hydrogens (primary N) is 1. The van der Waals surface area contributed by atoms with Crippen LogP contribution in [0.2, 0.25) is 0 Å². The fraction of sp³-hybridized carbons (Fsp3) is 0.455. The summed E-state index contributed by atoms with van der Waals surface area (Å²) in [5.74, 6) is 1.06. The maximum Gasteiger partial charge on any atom is 0.0175 e. The second-order valence-corrected chi connectivity index (χ2v) is 4.88. The summed E-state index contributed by atoms with van der Waals surface area (Å²) in [4.78, 5) is 1.44. The van der Waals surface area contributed by atoms with E-state index in [0.29, 0.717) is 6.04 Å². The maximum atomic E-state index is 5.92. The SMILES string of the molecule is Cc1cc2c(cc1C)SCC(N)C2. The Balaban J connectivity index is 2.43. The number of benzene rings is 1. The van der Waals surface area contributed by atoms with Gasteiger partial charge in [-0.25, -0.2) is 0 Å². The van der Waals surface area contributed by atoms with Crippen LogP contribution in [0, 0.1) is 13.8 Å². The first-order valence-electron chi connectivity index (χ1n) is 4.65. The smallest absolute Gasteiger partial charge is 0.0175 e. The van der Waals surface area contributed by atoms with Crippen LogP contribution in [0.15, 0.2) is 17.0 Å². The van der Waals surface area contributed by atoms with Crippen LogP contribution in [0.5, 0.6) is 0 Å². The van der Waals surface area contributed by atoms with Crippen molar-refractivity contribution in [1.82, 2.24) is 0 Å². The largest absolute Gasteiger partial charge is 0.327 e. The Hall–Kier alpha value is -0.470. The first kappa shape index (κ1) is 9.10. The third kappa shape index (κ3) is 1.74. The molecule has 1 aromatic carbocycles. The van der Waals surface area contributed by atoms with E-state index in [-0.39, 0.29) is 0 Å². The fourth-order valence-corrected chi connectivity index (χ4v) is 2.78. The van der Waals surface area contributed by atoms with Gasteiger partial charge in [-0.3, -0.25) is 0 Å². The number of aryl methyl sites for hydroxylation is 2. The van der Waals surface area contributed by atoms with Crippen LogP contribution in [0.4, 0.5) is 0 Å². The molecule has 1 aromatic rings. The Kier molecular flexibility index (Phi) is 2.35. The van der Waals surface area contributed by atoms with Crippen molar-refractivity contribution in [3.05, 3.63) is 28.8 Å². The monoisotopic (exact) mass is 193 g/mol. The highest BCUT2D eigenvalue weighted by Crippen LogP contribution is 2.31. The van der Waals surface area contributed by atoms with Crippen molar-refractivity contribution in [2.75, 3.05) is 5.75 Å². The summed E-state index contributed by atoms with van der Waals surface area (Å²) < 4.78 is 0. The van der Waals surface area contributed by atoms with Crippen LogP contribution in [-0.4, -0.2) is 11.8 Å². The molecule has 0 amide bonds. The third-order valence-electron chi connectivity index (χ3n) is 2.61. The molecule has 0 saturated carbocycles. The Morgan fingerprint density at radius 2 is 2.00 bits per heavy atom. The number of rotatable bonds is 0. The minimum Gasteiger partial charge on any atom is -0.327 e. The molecule has 0 fully saturated rings. The predicted molar refractivity (Wildman–Crippen MR) is 58.3 cm³/mol. The lowest BCUT2D eigenvalue weighted by molar-refractivity contribution is 0.725. The lowest BCUT2D eigenvalue weighted by Crippen LogP contribution is -2.28. The van der Waals surface area contributed by atoms with Gasteiger partial charge in [-0.2, -0.15) is 0 Å². The fourth-order valence-electron chi connectivity index (χ4n) is 1.68. The number of fused-ring (bicyclic) bond motifs is 1. The molecule has 1 aliphatic rings. The number of hydrogen-bond acceptors (Lipinski definition) is 2. The molecule has 2 rings (SSSR count). The summed E-state index contributed by atoms with van der Waals surface area (Å²) in [6.07, 6.45) is 1.05. The zero-order chi connectivity index (χ0) is 9.42. The van der Waals surface area contributed by atoms with E-state index in [1.165, 1.54) is 21.6 Å². The quantitative estimate of drug-likeness (QED) is 0.684. The van der Waals surface area contributed by atoms with Crippen LogP contribution < -0.4 is 5.73 Å². The molecule has 0 radical (unpaired) electrons. The molecule has 70 valence electrons. The average molecular weight is 193 g/mol. The van der Waals surface area contributed by atoms with Gasteiger partial charge in [0.1, 0.15) is 0 Å². The van der Waals surface area contributed by atoms with Gasteiger partial charge in [-0.15, -0.1) is 11.8 Å². The highest BCUT2D eigenvalue weighted by atomic mass is 32.2. The van der Waals surface area contributed by atoms with E-state index < -0.39 is 0 Å². The summed E-state index contributed by atoms with van der Waals surface area (Å²) in [6.45, 7) is 4.34. The van der Waals surface area contributed by atoms with E-state index in [2.05, 4.69) is 26.0 Å². The molecule has 1 unspecified atom stereocenters. The van der Waals surface area contributed by atoms with Gasteiger partial charge in [0.15, 0.2) is 0 Å². The molecule has 0 saturated heterocycles. The molecule has 1 heterocycles. The van der Waals surface area contributed by atoms with Crippen molar-refractivity contribution in [3.63, 3.8) is 0 Å². The molecule has 0 bridgehead atoms. The van der Waals surface area contributed by atoms with Gasteiger partial charge in [-0.1, -0.05) is 6.07 Å². The highest BCUT2D eigenvalue weighted by molar-refractivity contribution is 7.99. The normalized spacial score (nSPS) is 21.3. The summed E-state index contributed by atoms with van der Waals surface area (Å²) >= 11 is 1.89. The molecule has 1 atom stereocenters. The predicted octanol–water partition coefficient (Wildman–Crippen LogP) is 2.28. The van der Waals surface area contributed by atoms with Gasteiger partial charge >= 0.3 is 0 Å². The van der Waals surface area contributed by atoms with E-state index in [1.54, 1.807) is 0 Å². The van der Waals surface area contributed by atoms with E-state index in [0.717, 1.165) is 12.2 Å². The van der Waals surface area contributed by atoms with Gasteiger partial charge in [0.05, 0.1) is 0 Å². The van der Waals surface area contributed by atoms with Gasteiger partial charge in [0.25, 0.3) is 0 Å². The van der Waals surface area contributed by atoms with Crippen molar-refractivity contribution in [1.29, 1.82) is 0 Å². The van der Waals surface area contributed by atoms with Gasteiger partial charge in [0.2, 0.25) is 0 Å². The second kappa shape index (κ2) is 3.35. The minimum atomic E-state index is 0.347. The topological polar surface area (TPSA) is 26.0 Å². The van der Waals surface area contributed by atoms with Crippen molar-refractivity contribution in [2.45, 2.75) is 31.2 Å². The summed E-state index contributed by atoms with van der Waals surface area (Å²) in [5, 5.41) is 0. The Morgan fingerprint density at radius 3 is 2.77 bits per heavy atom. The standard InChI is InChI=1S/C11H15NS/c1-7-3-9-5-10(12)6-13-11(9)4-8(7)2/h3-4,10H,5-6,12H2,1-2H3. The molecule has 2 N–H and O–H groups in total. The summed E-state index contributed by atoms with van der Waals surface area (Å²) in [7, 11) is 0. The Labute approximate surface area is 83.7 Å². The first-order chi connectivity index (χ1) is 6.16. The zero-order valence-electron chi connectivity index (χ0n) is 8.13. The number of thioether (sulfide) groups is 1. The second-order valence-electron chi connectivity index (χ2n) is 3.82. The molecule has 2 heteroatoms. The van der Waals surface area contributed by atoms with Crippen LogP contribution in [0.1, 0.15) is 16.7 Å². The average Bonchev–Trinajstić information content (AvgIpc) is 2.08. The Morgan fingerprint density at radius 1 is 1.31 bits per heavy atom.